The molecule has 0 aromatic heterocycles. The minimum Gasteiger partial charge on any atom is -0.460 e. The van der Waals surface area contributed by atoms with Gasteiger partial charge < -0.3 is 89.5 Å². The number of esters is 3. The summed E-state index contributed by atoms with van der Waals surface area (Å²) in [7, 11) is 0. The number of aliphatic hydroxyl groups excluding tert-OH is 2. The largest absolute Gasteiger partial charge is 0.509 e. The van der Waals surface area contributed by atoms with Crippen molar-refractivity contribution in [2.45, 2.75) is 192 Å². The van der Waals surface area contributed by atoms with Crippen LogP contribution in [0.1, 0.15) is 92.7 Å². The van der Waals surface area contributed by atoms with Crippen molar-refractivity contribution in [3.05, 3.63) is 84.4 Å². The number of benzene rings is 2. The Balaban J connectivity index is 1.47. The van der Waals surface area contributed by atoms with Crippen molar-refractivity contribution >= 4 is 53.6 Å². The lowest BCUT2D eigenvalue weighted by Crippen LogP contribution is -2.71. The summed E-state index contributed by atoms with van der Waals surface area (Å²) < 4.78 is 57.5. The van der Waals surface area contributed by atoms with E-state index in [1.165, 1.54) is 6.08 Å². The number of nitrogens with one attached hydrogen (secondary N) is 7. The fraction of sp³-hybridized carbons (Fsp3) is 0.617. The molecule has 3 aliphatic rings. The number of fused-ring (bicyclic) bond motifs is 1. The number of hydrogen-bond donors (Lipinski definition) is 9. The standard InChI is InChI=1S/C60H87N7O21/c1-11-22-80-58(77)47(35(7)81-30-40-20-16-13-17-21-40)61-26-41(23-32(2)3)64-55(75)43(66-56(76)42(24-33(4)5)65-54(74)34(6)62-31-79-29-39-18-14-12-15-19-39)25-46(73)67-57-48(63-36(8)70)51(49(82-37(9)71)44(27-68)84-57)86-59-53(83-38(10)72)52-50(45(28-69)85-59)87-60(78)88-52/h11-21,32-35,41-45,47-53,57,59,61-62,68-69H,1,22-31H2,2-10H3,(H,63,70)(H,64,75)(H,65,74)(H,66,76)(H,67,73)/t34-,35?,41-,42-,43-,44-,45-,47-,48-,49-,50+,51+,52+,53-,57-,59+/m1/s1. The highest BCUT2D eigenvalue weighted by atomic mass is 16.8. The summed E-state index contributed by atoms with van der Waals surface area (Å²) in [5, 5.41) is 40.9. The van der Waals surface area contributed by atoms with Crippen LogP contribution in [0.2, 0.25) is 0 Å². The van der Waals surface area contributed by atoms with Crippen molar-refractivity contribution in [1.82, 2.24) is 37.2 Å². The van der Waals surface area contributed by atoms with Gasteiger partial charge in [0.15, 0.2) is 36.9 Å². The van der Waals surface area contributed by atoms with Crippen molar-refractivity contribution in [3.8, 4) is 0 Å². The first kappa shape index (κ1) is 71.6. The zero-order valence-electron chi connectivity index (χ0n) is 51.2. The van der Waals surface area contributed by atoms with Crippen LogP contribution in [0.5, 0.6) is 0 Å². The first-order valence-corrected chi connectivity index (χ1v) is 29.3. The molecular weight excluding hydrogens is 1150 g/mol. The van der Waals surface area contributed by atoms with Crippen LogP contribution >= 0.6 is 0 Å². The lowest BCUT2D eigenvalue weighted by atomic mass is 9.94. The second-order valence-electron chi connectivity index (χ2n) is 22.5. The molecule has 16 atom stereocenters. The average Bonchev–Trinajstić information content (AvgIpc) is 2.44. The van der Waals surface area contributed by atoms with Gasteiger partial charge in [-0.15, -0.1) is 0 Å². The lowest BCUT2D eigenvalue weighted by molar-refractivity contribution is -0.323. The summed E-state index contributed by atoms with van der Waals surface area (Å²) in [4.78, 5) is 122. The second-order valence-corrected chi connectivity index (χ2v) is 22.5. The van der Waals surface area contributed by atoms with Gasteiger partial charge >= 0.3 is 24.1 Å². The summed E-state index contributed by atoms with van der Waals surface area (Å²) in [6.45, 7) is 16.0. The third-order valence-electron chi connectivity index (χ3n) is 14.1. The Morgan fingerprint density at radius 1 is 0.670 bits per heavy atom. The zero-order valence-corrected chi connectivity index (χ0v) is 51.2. The second kappa shape index (κ2) is 35.7. The Hall–Kier alpha value is -7.15. The summed E-state index contributed by atoms with van der Waals surface area (Å²) in [6.07, 6.45) is -15.2. The molecule has 488 valence electrons. The Morgan fingerprint density at radius 2 is 1.26 bits per heavy atom. The van der Waals surface area contributed by atoms with E-state index in [9.17, 15) is 53.4 Å². The molecule has 1 unspecified atom stereocenters. The minimum atomic E-state index is -1.80. The Labute approximate surface area is 511 Å². The van der Waals surface area contributed by atoms with E-state index in [0.29, 0.717) is 6.42 Å². The predicted molar refractivity (Wildman–Crippen MR) is 310 cm³/mol. The first-order chi connectivity index (χ1) is 41.9. The monoisotopic (exact) mass is 1240 g/mol. The molecule has 3 heterocycles. The Morgan fingerprint density at radius 3 is 1.85 bits per heavy atom. The van der Waals surface area contributed by atoms with Gasteiger partial charge in [-0.25, -0.2) is 4.79 Å². The molecule has 3 fully saturated rings. The number of aliphatic hydroxyl groups is 2. The van der Waals surface area contributed by atoms with Gasteiger partial charge in [-0.05, 0) is 49.7 Å². The molecule has 0 aliphatic carbocycles. The smallest absolute Gasteiger partial charge is 0.460 e. The van der Waals surface area contributed by atoms with Crippen molar-refractivity contribution in [3.63, 3.8) is 0 Å². The average molecular weight is 1240 g/mol. The van der Waals surface area contributed by atoms with E-state index < -0.39 is 171 Å². The van der Waals surface area contributed by atoms with Gasteiger partial charge in [0.2, 0.25) is 29.5 Å². The van der Waals surface area contributed by atoms with Gasteiger partial charge in [-0.1, -0.05) is 101 Å². The van der Waals surface area contributed by atoms with Gasteiger partial charge in [0.1, 0.15) is 49.1 Å². The summed E-state index contributed by atoms with van der Waals surface area (Å²) in [5.41, 5.74) is 1.76. The number of carbonyl (C=O) groups is 9. The van der Waals surface area contributed by atoms with E-state index in [1.807, 2.05) is 88.4 Å². The molecule has 2 aromatic carbocycles. The quantitative estimate of drug-likeness (QED) is 0.0150. The molecule has 88 heavy (non-hydrogen) atoms. The maximum absolute atomic E-state index is 15.0. The highest BCUT2D eigenvalue weighted by Gasteiger charge is 2.59. The van der Waals surface area contributed by atoms with Gasteiger partial charge in [0, 0.05) is 33.4 Å². The molecule has 0 spiro atoms. The highest BCUT2D eigenvalue weighted by Crippen LogP contribution is 2.36. The van der Waals surface area contributed by atoms with Gasteiger partial charge in [-0.2, -0.15) is 0 Å². The molecule has 0 bridgehead atoms. The topological polar surface area (TPSA) is 371 Å². The van der Waals surface area contributed by atoms with E-state index in [0.717, 1.165) is 31.9 Å². The molecule has 28 nitrogen and oxygen atoms in total. The van der Waals surface area contributed by atoms with Gasteiger partial charge in [0.05, 0.1) is 51.7 Å². The van der Waals surface area contributed by atoms with Crippen LogP contribution in [0.15, 0.2) is 73.3 Å². The minimum absolute atomic E-state index is 0.0186. The molecule has 5 amide bonds. The molecule has 0 radical (unpaired) electrons. The fourth-order valence-corrected chi connectivity index (χ4v) is 10.0. The van der Waals surface area contributed by atoms with Crippen molar-refractivity contribution in [1.29, 1.82) is 0 Å². The molecular formula is C60H87N7O21. The normalized spacial score (nSPS) is 24.3. The van der Waals surface area contributed by atoms with Crippen LogP contribution in [0.3, 0.4) is 0 Å². The number of carbonyl (C=O) groups excluding carboxylic acids is 9. The van der Waals surface area contributed by atoms with Crippen LogP contribution in [0.4, 0.5) is 4.79 Å². The molecule has 5 rings (SSSR count). The van der Waals surface area contributed by atoms with Crippen molar-refractivity contribution < 1.29 is 101 Å². The molecule has 2 aromatic rings. The number of hydrogen-bond acceptors (Lipinski definition) is 23. The molecule has 3 aliphatic heterocycles. The molecule has 3 saturated heterocycles. The molecule has 9 N–H and O–H groups in total. The number of amides is 5. The maximum atomic E-state index is 15.0. The van der Waals surface area contributed by atoms with E-state index >= 15 is 0 Å². The Bertz CT molecular complexity index is 2620. The van der Waals surface area contributed by atoms with E-state index in [-0.39, 0.29) is 51.4 Å². The lowest BCUT2D eigenvalue weighted by Gasteiger charge is -2.48. The summed E-state index contributed by atoms with van der Waals surface area (Å²) in [5.74, 6) is -6.87. The van der Waals surface area contributed by atoms with Crippen LogP contribution in [0.25, 0.3) is 0 Å². The van der Waals surface area contributed by atoms with Crippen molar-refractivity contribution in [2.24, 2.45) is 11.8 Å². The summed E-state index contributed by atoms with van der Waals surface area (Å²) >= 11 is 0. The van der Waals surface area contributed by atoms with Gasteiger partial charge in [-0.3, -0.25) is 43.7 Å². The van der Waals surface area contributed by atoms with Crippen molar-refractivity contribution in [2.75, 3.05) is 33.1 Å². The van der Waals surface area contributed by atoms with Gasteiger partial charge in [0.25, 0.3) is 0 Å². The first-order valence-electron chi connectivity index (χ1n) is 29.3. The van der Waals surface area contributed by atoms with E-state index in [4.69, 9.17) is 47.4 Å². The maximum Gasteiger partial charge on any atom is 0.509 e. The van der Waals surface area contributed by atoms with Crippen LogP contribution in [-0.2, 0) is 98.9 Å². The predicted octanol–water partition coefficient (Wildman–Crippen LogP) is 0.576. The SMILES string of the molecule is C=CCOC(=O)[C@H](NC[C@@H](CC(C)C)NC(=O)[C@@H](CC(=O)N[C@@H]1O[C@H](CO)[C@@H](OC(C)=O)[C@@H](O[C@@H]2O[C@H](CO)[C@@H]3OC(=O)O[C@@H]3[C@H]2OC(C)=O)[C@H]1NC(C)=O)NC(=O)[C@@H](CC(C)C)NC(=O)[C@@H](C)NCOCc1ccccc1)C(C)OCc1ccccc1. The third kappa shape index (κ3) is 22.5. The van der Waals surface area contributed by atoms with E-state index in [2.05, 4.69) is 43.8 Å². The highest BCUT2D eigenvalue weighted by molar-refractivity contribution is 5.95. The third-order valence-corrected chi connectivity index (χ3v) is 14.1. The zero-order chi connectivity index (χ0) is 64.6. The number of ether oxygens (including phenoxy) is 10. The van der Waals surface area contributed by atoms with E-state index in [1.54, 1.807) is 13.8 Å². The summed E-state index contributed by atoms with van der Waals surface area (Å²) in [6, 6.07) is 11.3. The molecule has 28 heteroatoms. The number of rotatable bonds is 35. The van der Waals surface area contributed by atoms with Crippen LogP contribution in [0, 0.1) is 11.8 Å². The van der Waals surface area contributed by atoms with Crippen LogP contribution < -0.4 is 37.2 Å². The Kier molecular flexibility index (Phi) is 29.1. The molecule has 0 saturated carbocycles. The fourth-order valence-electron chi connectivity index (χ4n) is 10.0. The van der Waals surface area contributed by atoms with Crippen LogP contribution in [-0.4, -0.2) is 195 Å².